The minimum atomic E-state index is -3.33. The molecule has 0 spiro atoms. The molecule has 0 fully saturated rings. The zero-order valence-electron chi connectivity index (χ0n) is 11.8. The molecule has 0 heterocycles. The summed E-state index contributed by atoms with van der Waals surface area (Å²) < 4.78 is 31.9. The average Bonchev–Trinajstić information content (AvgIpc) is 2.38. The molecular formula is C13H19BrClNO3S. The first kappa shape index (κ1) is 17.8. The molecule has 0 aromatic heterocycles. The van der Waals surface area contributed by atoms with E-state index in [2.05, 4.69) is 15.9 Å². The van der Waals surface area contributed by atoms with Crippen LogP contribution >= 0.6 is 27.5 Å². The molecule has 114 valence electrons. The van der Waals surface area contributed by atoms with Crippen molar-refractivity contribution >= 4 is 37.6 Å². The van der Waals surface area contributed by atoms with Crippen LogP contribution in [0.25, 0.3) is 0 Å². The van der Waals surface area contributed by atoms with Crippen molar-refractivity contribution in [2.24, 2.45) is 5.92 Å². The van der Waals surface area contributed by atoms with Crippen molar-refractivity contribution in [3.05, 3.63) is 28.2 Å². The van der Waals surface area contributed by atoms with E-state index in [1.165, 1.54) is 4.31 Å². The van der Waals surface area contributed by atoms with E-state index in [-0.39, 0.29) is 18.2 Å². The van der Waals surface area contributed by atoms with Gasteiger partial charge >= 0.3 is 0 Å². The van der Waals surface area contributed by atoms with Crippen molar-refractivity contribution in [1.29, 1.82) is 0 Å². The van der Waals surface area contributed by atoms with E-state index >= 15 is 0 Å². The summed E-state index contributed by atoms with van der Waals surface area (Å²) in [7, 11) is -0.197. The SMILES string of the molecule is COc1ccc(Br)cc1CN(C)S(=O)(=O)CC(C)CCl. The van der Waals surface area contributed by atoms with Gasteiger partial charge in [-0.05, 0) is 24.1 Å². The van der Waals surface area contributed by atoms with E-state index in [1.807, 2.05) is 19.1 Å². The third-order valence-electron chi connectivity index (χ3n) is 2.87. The van der Waals surface area contributed by atoms with Crippen molar-refractivity contribution in [1.82, 2.24) is 4.31 Å². The fourth-order valence-corrected chi connectivity index (χ4v) is 3.81. The van der Waals surface area contributed by atoms with E-state index in [9.17, 15) is 8.42 Å². The number of sulfonamides is 1. The van der Waals surface area contributed by atoms with Gasteiger partial charge in [0.05, 0.1) is 12.9 Å². The number of nitrogens with zero attached hydrogens (tertiary/aromatic N) is 1. The smallest absolute Gasteiger partial charge is 0.214 e. The standard InChI is InChI=1S/C13H19BrClNO3S/c1-10(7-15)9-20(17,18)16(2)8-11-6-12(14)4-5-13(11)19-3/h4-6,10H,7-9H2,1-3H3. The molecule has 4 nitrogen and oxygen atoms in total. The number of methoxy groups -OCH3 is 1. The van der Waals surface area contributed by atoms with Crippen LogP contribution in [0.1, 0.15) is 12.5 Å². The van der Waals surface area contributed by atoms with Crippen molar-refractivity contribution in [3.63, 3.8) is 0 Å². The second kappa shape index (κ2) is 7.64. The molecule has 7 heteroatoms. The van der Waals surface area contributed by atoms with Gasteiger partial charge in [-0.1, -0.05) is 22.9 Å². The third-order valence-corrected chi connectivity index (χ3v) is 5.96. The van der Waals surface area contributed by atoms with E-state index in [0.29, 0.717) is 11.6 Å². The highest BCUT2D eigenvalue weighted by Crippen LogP contribution is 2.25. The second-order valence-electron chi connectivity index (χ2n) is 4.75. The fourth-order valence-electron chi connectivity index (χ4n) is 1.74. The zero-order chi connectivity index (χ0) is 15.3. The van der Waals surface area contributed by atoms with Gasteiger partial charge in [0, 0.05) is 29.5 Å². The van der Waals surface area contributed by atoms with Crippen LogP contribution in [0.2, 0.25) is 0 Å². The van der Waals surface area contributed by atoms with Crippen LogP contribution in [-0.2, 0) is 16.6 Å². The van der Waals surface area contributed by atoms with E-state index in [4.69, 9.17) is 16.3 Å². The Bertz CT molecular complexity index is 551. The molecule has 1 unspecified atom stereocenters. The van der Waals surface area contributed by atoms with E-state index < -0.39 is 10.0 Å². The Balaban J connectivity index is 2.90. The van der Waals surface area contributed by atoms with Gasteiger partial charge < -0.3 is 4.74 Å². The van der Waals surface area contributed by atoms with Gasteiger partial charge in [-0.25, -0.2) is 12.7 Å². The molecule has 1 atom stereocenters. The van der Waals surface area contributed by atoms with Gasteiger partial charge in [0.15, 0.2) is 0 Å². The van der Waals surface area contributed by atoms with Gasteiger partial charge in [-0.15, -0.1) is 11.6 Å². The number of alkyl halides is 1. The van der Waals surface area contributed by atoms with Crippen molar-refractivity contribution in [3.8, 4) is 5.75 Å². The third kappa shape index (κ3) is 4.91. The Morgan fingerprint density at radius 1 is 1.45 bits per heavy atom. The maximum Gasteiger partial charge on any atom is 0.214 e. The molecule has 1 aromatic rings. The predicted molar refractivity (Wildman–Crippen MR) is 85.8 cm³/mol. The molecule has 0 amide bonds. The minimum absolute atomic E-state index is 0.0450. The first-order valence-corrected chi connectivity index (χ1v) is 9.06. The molecule has 1 rings (SSSR count). The molecule has 0 aliphatic rings. The van der Waals surface area contributed by atoms with Crippen LogP contribution in [0.4, 0.5) is 0 Å². The topological polar surface area (TPSA) is 46.6 Å². The predicted octanol–water partition coefficient (Wildman–Crippen LogP) is 3.09. The summed E-state index contributed by atoms with van der Waals surface area (Å²) in [4.78, 5) is 0. The number of benzene rings is 1. The number of ether oxygens (including phenoxy) is 1. The van der Waals surface area contributed by atoms with Crippen LogP contribution in [-0.4, -0.2) is 38.5 Å². The lowest BCUT2D eigenvalue weighted by Gasteiger charge is -2.20. The summed E-state index contributed by atoms with van der Waals surface area (Å²) in [5.74, 6) is 0.963. The normalized spacial score (nSPS) is 13.5. The highest BCUT2D eigenvalue weighted by Gasteiger charge is 2.22. The minimum Gasteiger partial charge on any atom is -0.496 e. The molecule has 0 N–H and O–H groups in total. The average molecular weight is 385 g/mol. The van der Waals surface area contributed by atoms with Crippen LogP contribution in [0, 0.1) is 5.92 Å². The Kier molecular flexibility index (Phi) is 6.78. The molecule has 0 radical (unpaired) electrons. The van der Waals surface area contributed by atoms with E-state index in [0.717, 1.165) is 10.0 Å². The van der Waals surface area contributed by atoms with Crippen LogP contribution in [0.3, 0.4) is 0 Å². The highest BCUT2D eigenvalue weighted by atomic mass is 79.9. The lowest BCUT2D eigenvalue weighted by molar-refractivity contribution is 0.397. The van der Waals surface area contributed by atoms with Gasteiger partial charge in [0.25, 0.3) is 0 Å². The number of hydrogen-bond acceptors (Lipinski definition) is 3. The molecule has 1 aromatic carbocycles. The van der Waals surface area contributed by atoms with E-state index in [1.54, 1.807) is 20.2 Å². The Labute approximate surface area is 134 Å². The Morgan fingerprint density at radius 3 is 2.65 bits per heavy atom. The number of hydrogen-bond donors (Lipinski definition) is 0. The maximum absolute atomic E-state index is 12.2. The molecule has 0 saturated heterocycles. The van der Waals surface area contributed by atoms with Gasteiger partial charge in [-0.3, -0.25) is 0 Å². The van der Waals surface area contributed by atoms with Crippen molar-refractivity contribution < 1.29 is 13.2 Å². The lowest BCUT2D eigenvalue weighted by atomic mass is 10.2. The number of halogens is 2. The summed E-state index contributed by atoms with van der Waals surface area (Å²) >= 11 is 9.06. The monoisotopic (exact) mass is 383 g/mol. The number of rotatable bonds is 7. The molecule has 0 aliphatic heterocycles. The summed E-state index contributed by atoms with van der Waals surface area (Å²) in [6, 6.07) is 5.52. The van der Waals surface area contributed by atoms with Gasteiger partial charge in [-0.2, -0.15) is 0 Å². The first-order valence-electron chi connectivity index (χ1n) is 6.12. The summed E-state index contributed by atoms with van der Waals surface area (Å²) in [6.45, 7) is 2.08. The van der Waals surface area contributed by atoms with Crippen molar-refractivity contribution in [2.45, 2.75) is 13.5 Å². The van der Waals surface area contributed by atoms with Crippen LogP contribution in [0.15, 0.2) is 22.7 Å². The first-order chi connectivity index (χ1) is 9.30. The van der Waals surface area contributed by atoms with Gasteiger partial charge in [0.1, 0.15) is 5.75 Å². The fraction of sp³-hybridized carbons (Fsp3) is 0.538. The summed E-state index contributed by atoms with van der Waals surface area (Å²) in [6.07, 6.45) is 0. The van der Waals surface area contributed by atoms with Gasteiger partial charge in [0.2, 0.25) is 10.0 Å². The van der Waals surface area contributed by atoms with Crippen molar-refractivity contribution in [2.75, 3.05) is 25.8 Å². The zero-order valence-corrected chi connectivity index (χ0v) is 14.9. The Hall–Kier alpha value is -0.300. The molecule has 0 bridgehead atoms. The second-order valence-corrected chi connectivity index (χ2v) is 8.10. The highest BCUT2D eigenvalue weighted by molar-refractivity contribution is 9.10. The molecule has 0 aliphatic carbocycles. The Morgan fingerprint density at radius 2 is 2.10 bits per heavy atom. The lowest BCUT2D eigenvalue weighted by Crippen LogP contribution is -2.31. The largest absolute Gasteiger partial charge is 0.496 e. The maximum atomic E-state index is 12.2. The van der Waals surface area contributed by atoms with Crippen LogP contribution < -0.4 is 4.74 Å². The summed E-state index contributed by atoms with van der Waals surface area (Å²) in [5.41, 5.74) is 0.812. The molecule has 0 saturated carbocycles. The van der Waals surface area contributed by atoms with Crippen LogP contribution in [0.5, 0.6) is 5.75 Å². The molecule has 20 heavy (non-hydrogen) atoms. The molecular weight excluding hydrogens is 366 g/mol. The summed E-state index contributed by atoms with van der Waals surface area (Å²) in [5, 5.41) is 0. The quantitative estimate of drug-likeness (QED) is 0.679.